The maximum Gasteiger partial charge on any atom is 0.310 e. The fraction of sp³-hybridized carbons (Fsp3) is 0.412. The number of carboxylic acid groups (broad SMARTS) is 1. The first-order chi connectivity index (χ1) is 10.7. The Morgan fingerprint density at radius 1 is 1.14 bits per heavy atom. The minimum Gasteiger partial charge on any atom is -0.481 e. The molecule has 1 aromatic rings. The zero-order valence-electron chi connectivity index (χ0n) is 12.0. The number of carbonyl (C=O) groups excluding carboxylic acids is 1. The van der Waals surface area contributed by atoms with Crippen LogP contribution >= 0.6 is 0 Å². The standard InChI is InChI=1S/C17H17NO4/c19-16(14-12-7-8-13(22-12)15(14)17(20)21)18-9-3-5-10-4-1-2-6-11(10)18/h1-2,4,6-8,12-15H,3,5,9H2,(H,20,21)/t12-,13-,14+,15-/m0/s1. The summed E-state index contributed by atoms with van der Waals surface area (Å²) in [6.07, 6.45) is 4.55. The van der Waals surface area contributed by atoms with Gasteiger partial charge in [0.1, 0.15) is 5.92 Å². The van der Waals surface area contributed by atoms with Gasteiger partial charge in [-0.15, -0.1) is 0 Å². The maximum absolute atomic E-state index is 13.0. The summed E-state index contributed by atoms with van der Waals surface area (Å²) < 4.78 is 5.62. The van der Waals surface area contributed by atoms with Crippen molar-refractivity contribution in [1.82, 2.24) is 0 Å². The van der Waals surface area contributed by atoms with Crippen molar-refractivity contribution >= 4 is 17.6 Å². The topological polar surface area (TPSA) is 66.8 Å². The van der Waals surface area contributed by atoms with Gasteiger partial charge in [-0.2, -0.15) is 0 Å². The number of aliphatic carboxylic acids is 1. The van der Waals surface area contributed by atoms with E-state index >= 15 is 0 Å². The molecule has 0 radical (unpaired) electrons. The molecule has 1 saturated heterocycles. The van der Waals surface area contributed by atoms with Gasteiger partial charge in [0.25, 0.3) is 0 Å². The van der Waals surface area contributed by atoms with Crippen molar-refractivity contribution in [3.05, 3.63) is 42.0 Å². The van der Waals surface area contributed by atoms with Gasteiger partial charge in [0.05, 0.1) is 18.1 Å². The highest BCUT2D eigenvalue weighted by Gasteiger charge is 2.54. The molecule has 0 spiro atoms. The van der Waals surface area contributed by atoms with E-state index in [-0.39, 0.29) is 5.91 Å². The minimum absolute atomic E-state index is 0.128. The van der Waals surface area contributed by atoms with Gasteiger partial charge in [0, 0.05) is 12.2 Å². The van der Waals surface area contributed by atoms with E-state index in [0.29, 0.717) is 6.54 Å². The molecule has 3 aliphatic heterocycles. The Bertz CT molecular complexity index is 668. The van der Waals surface area contributed by atoms with Crippen LogP contribution in [0.1, 0.15) is 12.0 Å². The third-order valence-electron chi connectivity index (χ3n) is 4.85. The number of hydrogen-bond acceptors (Lipinski definition) is 3. The Labute approximate surface area is 128 Å². The number of aryl methyl sites for hydroxylation is 1. The molecule has 4 atom stereocenters. The second kappa shape index (κ2) is 4.95. The molecule has 3 aliphatic rings. The summed E-state index contributed by atoms with van der Waals surface area (Å²) in [7, 11) is 0. The van der Waals surface area contributed by atoms with E-state index in [0.717, 1.165) is 24.1 Å². The number of carbonyl (C=O) groups is 2. The number of rotatable bonds is 2. The van der Waals surface area contributed by atoms with Crippen molar-refractivity contribution in [2.24, 2.45) is 11.8 Å². The summed E-state index contributed by atoms with van der Waals surface area (Å²) in [5.41, 5.74) is 2.06. The number of benzene rings is 1. The molecule has 0 aromatic heterocycles. The lowest BCUT2D eigenvalue weighted by atomic mass is 9.81. The van der Waals surface area contributed by atoms with Crippen molar-refractivity contribution in [1.29, 1.82) is 0 Å². The Hall–Kier alpha value is -2.14. The number of hydrogen-bond donors (Lipinski definition) is 1. The largest absolute Gasteiger partial charge is 0.481 e. The molecule has 2 bridgehead atoms. The molecule has 0 unspecified atom stereocenters. The Kier molecular flexibility index (Phi) is 3.04. The predicted octanol–water partition coefficient (Wildman–Crippen LogP) is 1.62. The summed E-state index contributed by atoms with van der Waals surface area (Å²) in [5.74, 6) is -2.49. The fourth-order valence-corrected chi connectivity index (χ4v) is 3.84. The van der Waals surface area contributed by atoms with E-state index in [2.05, 4.69) is 0 Å². The molecule has 3 heterocycles. The van der Waals surface area contributed by atoms with Gasteiger partial charge in [-0.25, -0.2) is 0 Å². The van der Waals surface area contributed by atoms with Crippen LogP contribution in [-0.2, 0) is 20.7 Å². The van der Waals surface area contributed by atoms with E-state index in [1.165, 1.54) is 0 Å². The molecule has 4 rings (SSSR count). The van der Waals surface area contributed by atoms with Gasteiger partial charge in [0.2, 0.25) is 5.91 Å². The lowest BCUT2D eigenvalue weighted by Crippen LogP contribution is -2.46. The lowest BCUT2D eigenvalue weighted by Gasteiger charge is -2.33. The van der Waals surface area contributed by atoms with Gasteiger partial charge in [-0.1, -0.05) is 30.4 Å². The van der Waals surface area contributed by atoms with Crippen LogP contribution in [0.2, 0.25) is 0 Å². The first kappa shape index (κ1) is 13.5. The van der Waals surface area contributed by atoms with E-state index in [1.54, 1.807) is 11.0 Å². The Morgan fingerprint density at radius 3 is 2.64 bits per heavy atom. The highest BCUT2D eigenvalue weighted by Crippen LogP contribution is 2.41. The molecule has 1 fully saturated rings. The van der Waals surface area contributed by atoms with Crippen LogP contribution in [0.4, 0.5) is 5.69 Å². The highest BCUT2D eigenvalue weighted by atomic mass is 16.5. The summed E-state index contributed by atoms with van der Waals surface area (Å²) in [5, 5.41) is 9.46. The minimum atomic E-state index is -0.958. The van der Waals surface area contributed by atoms with E-state index in [1.807, 2.05) is 30.3 Å². The number of ether oxygens (including phenoxy) is 1. The molecule has 5 nitrogen and oxygen atoms in total. The first-order valence-electron chi connectivity index (χ1n) is 7.62. The molecular weight excluding hydrogens is 282 g/mol. The number of anilines is 1. The predicted molar refractivity (Wildman–Crippen MR) is 79.5 cm³/mol. The Morgan fingerprint density at radius 2 is 1.86 bits per heavy atom. The van der Waals surface area contributed by atoms with Gasteiger partial charge < -0.3 is 14.7 Å². The third kappa shape index (κ3) is 1.89. The van der Waals surface area contributed by atoms with E-state index in [4.69, 9.17) is 4.74 Å². The summed E-state index contributed by atoms with van der Waals surface area (Å²) in [6.45, 7) is 0.639. The number of carboxylic acids is 1. The molecule has 1 aromatic carbocycles. The zero-order valence-corrected chi connectivity index (χ0v) is 12.0. The lowest BCUT2D eigenvalue weighted by molar-refractivity contribution is -0.146. The zero-order chi connectivity index (χ0) is 15.3. The van der Waals surface area contributed by atoms with Gasteiger partial charge in [-0.3, -0.25) is 9.59 Å². The Balaban J connectivity index is 1.68. The molecular formula is C17H17NO4. The van der Waals surface area contributed by atoms with Gasteiger partial charge in [-0.05, 0) is 24.5 Å². The normalized spacial score (nSPS) is 32.1. The molecule has 1 N–H and O–H groups in total. The average molecular weight is 299 g/mol. The second-order valence-electron chi connectivity index (χ2n) is 6.06. The fourth-order valence-electron chi connectivity index (χ4n) is 3.84. The highest BCUT2D eigenvalue weighted by molar-refractivity contribution is 5.99. The SMILES string of the molecule is O=C(O)[C@@H]1[C@H](C(=O)N2CCCc3ccccc32)[C@@H]2C=C[C@@H]1O2. The third-order valence-corrected chi connectivity index (χ3v) is 4.85. The van der Waals surface area contributed by atoms with Crippen LogP contribution in [0, 0.1) is 11.8 Å². The van der Waals surface area contributed by atoms with Crippen molar-refractivity contribution in [3.8, 4) is 0 Å². The number of nitrogens with zero attached hydrogens (tertiary/aromatic N) is 1. The van der Waals surface area contributed by atoms with Crippen molar-refractivity contribution in [2.45, 2.75) is 25.0 Å². The molecule has 5 heteroatoms. The van der Waals surface area contributed by atoms with Gasteiger partial charge in [0.15, 0.2) is 0 Å². The van der Waals surface area contributed by atoms with Crippen LogP contribution in [-0.4, -0.2) is 35.7 Å². The van der Waals surface area contributed by atoms with Crippen LogP contribution in [0.3, 0.4) is 0 Å². The molecule has 22 heavy (non-hydrogen) atoms. The average Bonchev–Trinajstić information content (AvgIpc) is 3.14. The monoisotopic (exact) mass is 299 g/mol. The van der Waals surface area contributed by atoms with E-state index in [9.17, 15) is 14.7 Å². The van der Waals surface area contributed by atoms with Crippen molar-refractivity contribution < 1.29 is 19.4 Å². The second-order valence-corrected chi connectivity index (χ2v) is 6.06. The van der Waals surface area contributed by atoms with Crippen molar-refractivity contribution in [2.75, 3.05) is 11.4 Å². The smallest absolute Gasteiger partial charge is 0.310 e. The molecule has 0 saturated carbocycles. The molecule has 114 valence electrons. The summed E-state index contributed by atoms with van der Waals surface area (Å²) in [6, 6.07) is 7.85. The number of fused-ring (bicyclic) bond motifs is 3. The first-order valence-corrected chi connectivity index (χ1v) is 7.62. The molecule has 0 aliphatic carbocycles. The quantitative estimate of drug-likeness (QED) is 0.843. The number of para-hydroxylation sites is 1. The van der Waals surface area contributed by atoms with Gasteiger partial charge >= 0.3 is 5.97 Å². The number of amides is 1. The van der Waals surface area contributed by atoms with Crippen LogP contribution in [0.25, 0.3) is 0 Å². The summed E-state index contributed by atoms with van der Waals surface area (Å²) in [4.78, 5) is 26.3. The molecule has 1 amide bonds. The summed E-state index contributed by atoms with van der Waals surface area (Å²) >= 11 is 0. The van der Waals surface area contributed by atoms with Crippen LogP contribution in [0.5, 0.6) is 0 Å². The van der Waals surface area contributed by atoms with Crippen LogP contribution < -0.4 is 4.90 Å². The van der Waals surface area contributed by atoms with E-state index < -0.39 is 30.0 Å². The maximum atomic E-state index is 13.0. The van der Waals surface area contributed by atoms with Crippen molar-refractivity contribution in [3.63, 3.8) is 0 Å². The van der Waals surface area contributed by atoms with Crippen LogP contribution in [0.15, 0.2) is 36.4 Å².